The van der Waals surface area contributed by atoms with Crippen LogP contribution in [0.3, 0.4) is 0 Å². The lowest BCUT2D eigenvalue weighted by Crippen LogP contribution is -2.11. The van der Waals surface area contributed by atoms with Crippen LogP contribution in [-0.2, 0) is 4.79 Å². The summed E-state index contributed by atoms with van der Waals surface area (Å²) >= 11 is 3.41. The largest absolute Gasteiger partial charge is 0.324 e. The fourth-order valence-corrected chi connectivity index (χ4v) is 2.51. The highest BCUT2D eigenvalue weighted by atomic mass is 79.9. The van der Waals surface area contributed by atoms with Crippen LogP contribution in [0.2, 0.25) is 0 Å². The second kappa shape index (κ2) is 7.39. The first-order chi connectivity index (χ1) is 9.70. The zero-order valence-electron chi connectivity index (χ0n) is 11.7. The van der Waals surface area contributed by atoms with Crippen molar-refractivity contribution in [3.8, 4) is 0 Å². The molecule has 0 fully saturated rings. The number of hydrogen-bond donors (Lipinski definition) is 1. The number of carbonyl (C=O) groups is 1. The molecule has 0 radical (unpaired) electrons. The number of para-hydroxylation sites is 1. The lowest BCUT2D eigenvalue weighted by atomic mass is 10.1. The summed E-state index contributed by atoms with van der Waals surface area (Å²) in [7, 11) is 0. The summed E-state index contributed by atoms with van der Waals surface area (Å²) in [6.45, 7) is 2.17. The van der Waals surface area contributed by atoms with E-state index in [-0.39, 0.29) is 5.91 Å². The van der Waals surface area contributed by atoms with E-state index < -0.39 is 0 Å². The van der Waals surface area contributed by atoms with Crippen molar-refractivity contribution < 1.29 is 4.79 Å². The highest BCUT2D eigenvalue weighted by molar-refractivity contribution is 9.10. The van der Waals surface area contributed by atoms with E-state index in [2.05, 4.69) is 33.2 Å². The van der Waals surface area contributed by atoms with Crippen LogP contribution in [0, 0.1) is 0 Å². The van der Waals surface area contributed by atoms with Crippen molar-refractivity contribution in [3.05, 3.63) is 34.9 Å². The number of hydrogen-bond acceptors (Lipinski definition) is 2. The molecule has 1 aromatic carbocycles. The van der Waals surface area contributed by atoms with Crippen molar-refractivity contribution in [2.45, 2.75) is 39.0 Å². The molecule has 0 aliphatic heterocycles. The fourth-order valence-electron chi connectivity index (χ4n) is 2.16. The van der Waals surface area contributed by atoms with Gasteiger partial charge in [-0.05, 0) is 34.5 Å². The molecule has 1 heterocycles. The van der Waals surface area contributed by atoms with Crippen LogP contribution in [0.25, 0.3) is 10.9 Å². The zero-order chi connectivity index (χ0) is 14.4. The number of rotatable bonds is 6. The van der Waals surface area contributed by atoms with Gasteiger partial charge in [0.15, 0.2) is 0 Å². The molecule has 106 valence electrons. The predicted molar refractivity (Wildman–Crippen MR) is 86.8 cm³/mol. The highest BCUT2D eigenvalue weighted by Gasteiger charge is 2.07. The van der Waals surface area contributed by atoms with Crippen LogP contribution >= 0.6 is 15.9 Å². The minimum atomic E-state index is 0.0679. The van der Waals surface area contributed by atoms with E-state index in [1.807, 2.05) is 24.3 Å². The number of benzene rings is 1. The Morgan fingerprint density at radius 3 is 2.95 bits per heavy atom. The van der Waals surface area contributed by atoms with Gasteiger partial charge in [0.1, 0.15) is 0 Å². The van der Waals surface area contributed by atoms with Crippen molar-refractivity contribution in [1.82, 2.24) is 4.98 Å². The molecular formula is C16H19BrN2O. The van der Waals surface area contributed by atoms with Crippen molar-refractivity contribution in [2.75, 3.05) is 5.32 Å². The number of aromatic nitrogens is 1. The molecule has 1 aromatic heterocycles. The average Bonchev–Trinajstić information content (AvgIpc) is 2.43. The Morgan fingerprint density at radius 1 is 1.30 bits per heavy atom. The quantitative estimate of drug-likeness (QED) is 0.763. The first-order valence-corrected chi connectivity index (χ1v) is 7.84. The van der Waals surface area contributed by atoms with E-state index in [1.165, 1.54) is 12.8 Å². The Balaban J connectivity index is 2.04. The second-order valence-electron chi connectivity index (χ2n) is 4.89. The summed E-state index contributed by atoms with van der Waals surface area (Å²) in [6.07, 6.45) is 6.76. The predicted octanol–water partition coefficient (Wildman–Crippen LogP) is 4.91. The van der Waals surface area contributed by atoms with Crippen molar-refractivity contribution in [3.63, 3.8) is 0 Å². The number of unbranched alkanes of at least 4 members (excludes halogenated alkanes) is 3. The third kappa shape index (κ3) is 4.04. The molecule has 0 atom stereocenters. The van der Waals surface area contributed by atoms with Crippen LogP contribution < -0.4 is 5.32 Å². The fraction of sp³-hybridized carbons (Fsp3) is 0.375. The van der Waals surface area contributed by atoms with Crippen molar-refractivity contribution >= 4 is 38.4 Å². The molecule has 2 aromatic rings. The van der Waals surface area contributed by atoms with E-state index in [1.54, 1.807) is 6.20 Å². The molecule has 0 saturated heterocycles. The summed E-state index contributed by atoms with van der Waals surface area (Å²) in [6, 6.07) is 7.82. The van der Waals surface area contributed by atoms with Gasteiger partial charge in [0.25, 0.3) is 0 Å². The highest BCUT2D eigenvalue weighted by Crippen LogP contribution is 2.24. The summed E-state index contributed by atoms with van der Waals surface area (Å²) in [5.74, 6) is 0.0679. The molecule has 0 saturated carbocycles. The molecule has 4 heteroatoms. The monoisotopic (exact) mass is 334 g/mol. The molecule has 20 heavy (non-hydrogen) atoms. The van der Waals surface area contributed by atoms with Gasteiger partial charge in [-0.25, -0.2) is 0 Å². The van der Waals surface area contributed by atoms with Crippen molar-refractivity contribution in [1.29, 1.82) is 0 Å². The molecule has 0 bridgehead atoms. The third-order valence-electron chi connectivity index (χ3n) is 3.21. The van der Waals surface area contributed by atoms with E-state index >= 15 is 0 Å². The SMILES string of the molecule is CCCCCCC(=O)Nc1cccc2cc(Br)cnc12. The van der Waals surface area contributed by atoms with E-state index in [4.69, 9.17) is 0 Å². The summed E-state index contributed by atoms with van der Waals surface area (Å²) < 4.78 is 0.938. The Bertz CT molecular complexity index is 598. The smallest absolute Gasteiger partial charge is 0.224 e. The normalized spacial score (nSPS) is 10.7. The maximum atomic E-state index is 11.9. The van der Waals surface area contributed by atoms with E-state index in [0.717, 1.165) is 33.9 Å². The van der Waals surface area contributed by atoms with E-state index in [0.29, 0.717) is 6.42 Å². The standard InChI is InChI=1S/C16H19BrN2O/c1-2-3-4-5-9-15(20)19-14-8-6-7-12-10-13(17)11-18-16(12)14/h6-8,10-11H,2-5,9H2,1H3,(H,19,20). The van der Waals surface area contributed by atoms with Gasteiger partial charge >= 0.3 is 0 Å². The molecular weight excluding hydrogens is 316 g/mol. The van der Waals surface area contributed by atoms with Gasteiger partial charge in [-0.1, -0.05) is 38.3 Å². The van der Waals surface area contributed by atoms with Gasteiger partial charge < -0.3 is 5.32 Å². The minimum absolute atomic E-state index is 0.0679. The molecule has 3 nitrogen and oxygen atoms in total. The van der Waals surface area contributed by atoms with Crippen LogP contribution in [0.1, 0.15) is 39.0 Å². The Morgan fingerprint density at radius 2 is 2.15 bits per heavy atom. The third-order valence-corrected chi connectivity index (χ3v) is 3.64. The molecule has 1 N–H and O–H groups in total. The van der Waals surface area contributed by atoms with Crippen molar-refractivity contribution in [2.24, 2.45) is 0 Å². The molecule has 0 aliphatic rings. The average molecular weight is 335 g/mol. The lowest BCUT2D eigenvalue weighted by molar-refractivity contribution is -0.116. The molecule has 0 spiro atoms. The van der Waals surface area contributed by atoms with Gasteiger partial charge in [-0.3, -0.25) is 9.78 Å². The number of pyridine rings is 1. The second-order valence-corrected chi connectivity index (χ2v) is 5.81. The number of amides is 1. The first kappa shape index (κ1) is 15.0. The number of carbonyl (C=O) groups excluding carboxylic acids is 1. The van der Waals surface area contributed by atoms with Gasteiger partial charge in [0.05, 0.1) is 11.2 Å². The van der Waals surface area contributed by atoms with E-state index in [9.17, 15) is 4.79 Å². The number of nitrogens with zero attached hydrogens (tertiary/aromatic N) is 1. The Hall–Kier alpha value is -1.42. The molecule has 1 amide bonds. The topological polar surface area (TPSA) is 42.0 Å². The van der Waals surface area contributed by atoms with Crippen LogP contribution in [0.5, 0.6) is 0 Å². The van der Waals surface area contributed by atoms with Crippen LogP contribution in [0.15, 0.2) is 34.9 Å². The number of halogens is 1. The minimum Gasteiger partial charge on any atom is -0.324 e. The zero-order valence-corrected chi connectivity index (χ0v) is 13.2. The Kier molecular flexibility index (Phi) is 5.53. The van der Waals surface area contributed by atoms with Gasteiger partial charge in [-0.2, -0.15) is 0 Å². The lowest BCUT2D eigenvalue weighted by Gasteiger charge is -2.08. The summed E-state index contributed by atoms with van der Waals surface area (Å²) in [4.78, 5) is 16.3. The first-order valence-electron chi connectivity index (χ1n) is 7.05. The van der Waals surface area contributed by atoms with Gasteiger partial charge in [-0.15, -0.1) is 0 Å². The number of anilines is 1. The molecule has 0 unspecified atom stereocenters. The van der Waals surface area contributed by atoms with Gasteiger partial charge in [0.2, 0.25) is 5.91 Å². The van der Waals surface area contributed by atoms with Crippen LogP contribution in [0.4, 0.5) is 5.69 Å². The number of nitrogens with one attached hydrogen (secondary N) is 1. The maximum absolute atomic E-state index is 11.9. The van der Waals surface area contributed by atoms with Gasteiger partial charge in [0, 0.05) is 22.5 Å². The van der Waals surface area contributed by atoms with Crippen LogP contribution in [-0.4, -0.2) is 10.9 Å². The molecule has 2 rings (SSSR count). The summed E-state index contributed by atoms with van der Waals surface area (Å²) in [5.41, 5.74) is 1.62. The maximum Gasteiger partial charge on any atom is 0.224 e. The molecule has 0 aliphatic carbocycles. The summed E-state index contributed by atoms with van der Waals surface area (Å²) in [5, 5.41) is 3.98. The number of fused-ring (bicyclic) bond motifs is 1. The Labute approximate surface area is 127 Å².